The number of carboxylic acids is 1. The second-order valence-corrected chi connectivity index (χ2v) is 5.61. The van der Waals surface area contributed by atoms with Crippen LogP contribution in [0.1, 0.15) is 34.6 Å². The van der Waals surface area contributed by atoms with Crippen molar-refractivity contribution < 1.29 is 14.7 Å². The summed E-state index contributed by atoms with van der Waals surface area (Å²) in [6.45, 7) is 5.47. The van der Waals surface area contributed by atoms with Crippen molar-refractivity contribution in [3.8, 4) is 0 Å². The van der Waals surface area contributed by atoms with Gasteiger partial charge in [0, 0.05) is 23.7 Å². The molecule has 0 aliphatic rings. The third-order valence-electron chi connectivity index (χ3n) is 3.68. The Morgan fingerprint density at radius 2 is 1.79 bits per heavy atom. The van der Waals surface area contributed by atoms with Gasteiger partial charge in [-0.3, -0.25) is 4.79 Å². The molecular weight excluding hydrogens is 328 g/mol. The summed E-state index contributed by atoms with van der Waals surface area (Å²) >= 11 is 5.92. The lowest BCUT2D eigenvalue weighted by atomic mass is 10.1. The molecule has 2 rings (SSSR count). The molecule has 126 valence electrons. The molecule has 0 unspecified atom stereocenters. The molecule has 2 aromatic carbocycles. The first kappa shape index (κ1) is 17.8. The number of hydrogen-bond acceptors (Lipinski definition) is 3. The molecule has 0 aliphatic heterocycles. The predicted octanol–water partition coefficient (Wildman–Crippen LogP) is 4.14. The summed E-state index contributed by atoms with van der Waals surface area (Å²) in [6, 6.07) is 11.3. The fourth-order valence-corrected chi connectivity index (χ4v) is 2.62. The van der Waals surface area contributed by atoms with Gasteiger partial charge in [-0.1, -0.05) is 17.7 Å². The number of aromatic carboxylic acids is 1. The summed E-state index contributed by atoms with van der Waals surface area (Å²) in [4.78, 5) is 25.7. The van der Waals surface area contributed by atoms with Gasteiger partial charge >= 0.3 is 5.97 Å². The number of carbonyl (C=O) groups excluding carboxylic acids is 1. The Balaban J connectivity index is 2.40. The van der Waals surface area contributed by atoms with Crippen molar-refractivity contribution in [1.29, 1.82) is 0 Å². The van der Waals surface area contributed by atoms with E-state index in [0.717, 1.165) is 18.8 Å². The Bertz CT molecular complexity index is 758. The van der Waals surface area contributed by atoms with E-state index in [1.807, 2.05) is 18.7 Å². The van der Waals surface area contributed by atoms with Crippen LogP contribution < -0.4 is 10.2 Å². The highest BCUT2D eigenvalue weighted by atomic mass is 35.5. The molecule has 0 bridgehead atoms. The predicted molar refractivity (Wildman–Crippen MR) is 96.4 cm³/mol. The molecule has 6 heteroatoms. The molecule has 2 N–H and O–H groups in total. The normalized spacial score (nSPS) is 10.3. The molecule has 2 aromatic rings. The van der Waals surface area contributed by atoms with Gasteiger partial charge in [0.05, 0.1) is 16.9 Å². The van der Waals surface area contributed by atoms with E-state index >= 15 is 0 Å². The number of amides is 1. The van der Waals surface area contributed by atoms with Crippen molar-refractivity contribution in [3.05, 3.63) is 58.6 Å². The smallest absolute Gasteiger partial charge is 0.335 e. The molecular formula is C18H19ClN2O3. The molecule has 0 saturated heterocycles. The SMILES string of the molecule is CCN(CC)c1ccc(C(=O)O)cc1NC(=O)c1cccc(Cl)c1. The van der Waals surface area contributed by atoms with Gasteiger partial charge in [-0.05, 0) is 50.2 Å². The van der Waals surface area contributed by atoms with Gasteiger partial charge in [-0.2, -0.15) is 0 Å². The highest BCUT2D eigenvalue weighted by Crippen LogP contribution is 2.28. The van der Waals surface area contributed by atoms with E-state index in [9.17, 15) is 14.7 Å². The van der Waals surface area contributed by atoms with Gasteiger partial charge < -0.3 is 15.3 Å². The Morgan fingerprint density at radius 3 is 2.38 bits per heavy atom. The van der Waals surface area contributed by atoms with Crippen molar-refractivity contribution in [2.75, 3.05) is 23.3 Å². The highest BCUT2D eigenvalue weighted by Gasteiger charge is 2.15. The van der Waals surface area contributed by atoms with Crippen molar-refractivity contribution in [1.82, 2.24) is 0 Å². The van der Waals surface area contributed by atoms with Crippen molar-refractivity contribution in [2.45, 2.75) is 13.8 Å². The summed E-state index contributed by atoms with van der Waals surface area (Å²) in [5.41, 5.74) is 1.77. The molecule has 24 heavy (non-hydrogen) atoms. The number of carboxylic acid groups (broad SMARTS) is 1. The van der Waals surface area contributed by atoms with Crippen molar-refractivity contribution >= 4 is 34.9 Å². The molecule has 0 fully saturated rings. The summed E-state index contributed by atoms with van der Waals surface area (Å²) in [7, 11) is 0. The second-order valence-electron chi connectivity index (χ2n) is 5.17. The zero-order chi connectivity index (χ0) is 17.7. The van der Waals surface area contributed by atoms with E-state index < -0.39 is 5.97 Å². The van der Waals surface area contributed by atoms with E-state index in [0.29, 0.717) is 16.3 Å². The lowest BCUT2D eigenvalue weighted by molar-refractivity contribution is 0.0696. The third kappa shape index (κ3) is 4.06. The molecule has 0 heterocycles. The fraction of sp³-hybridized carbons (Fsp3) is 0.222. The number of halogens is 1. The van der Waals surface area contributed by atoms with Gasteiger partial charge in [0.1, 0.15) is 0 Å². The first-order valence-corrected chi connectivity index (χ1v) is 8.03. The van der Waals surface area contributed by atoms with Crippen LogP contribution in [0.3, 0.4) is 0 Å². The Kier molecular flexibility index (Phi) is 5.82. The summed E-state index contributed by atoms with van der Waals surface area (Å²) in [5, 5.41) is 12.5. The topological polar surface area (TPSA) is 69.6 Å². The van der Waals surface area contributed by atoms with Crippen LogP contribution in [0, 0.1) is 0 Å². The largest absolute Gasteiger partial charge is 0.478 e. The Labute approximate surface area is 145 Å². The van der Waals surface area contributed by atoms with E-state index in [4.69, 9.17) is 11.6 Å². The zero-order valence-electron chi connectivity index (χ0n) is 13.5. The number of rotatable bonds is 6. The minimum Gasteiger partial charge on any atom is -0.478 e. The monoisotopic (exact) mass is 346 g/mol. The van der Waals surface area contributed by atoms with Gasteiger partial charge in [-0.15, -0.1) is 0 Å². The molecule has 5 nitrogen and oxygen atoms in total. The first-order valence-electron chi connectivity index (χ1n) is 7.65. The van der Waals surface area contributed by atoms with E-state index in [1.165, 1.54) is 12.1 Å². The van der Waals surface area contributed by atoms with E-state index in [-0.39, 0.29) is 11.5 Å². The molecule has 1 amide bonds. The lowest BCUT2D eigenvalue weighted by Gasteiger charge is -2.24. The van der Waals surface area contributed by atoms with Crippen LogP contribution in [0.15, 0.2) is 42.5 Å². The number of nitrogens with zero attached hydrogens (tertiary/aromatic N) is 1. The maximum atomic E-state index is 12.5. The van der Waals surface area contributed by atoms with Gasteiger partial charge in [0.2, 0.25) is 0 Å². The Hall–Kier alpha value is -2.53. The van der Waals surface area contributed by atoms with Gasteiger partial charge in [0.15, 0.2) is 0 Å². The standard InChI is InChI=1S/C18H19ClN2O3/c1-3-21(4-2)16-9-8-13(18(23)24)11-15(16)20-17(22)12-6-5-7-14(19)10-12/h5-11H,3-4H2,1-2H3,(H,20,22)(H,23,24). The van der Waals surface area contributed by atoms with Crippen molar-refractivity contribution in [2.24, 2.45) is 0 Å². The van der Waals surface area contributed by atoms with Crippen LogP contribution in [0.4, 0.5) is 11.4 Å². The van der Waals surface area contributed by atoms with Crippen LogP contribution in [0.2, 0.25) is 5.02 Å². The fourth-order valence-electron chi connectivity index (χ4n) is 2.43. The number of hydrogen-bond donors (Lipinski definition) is 2. The second kappa shape index (κ2) is 7.84. The molecule has 0 aromatic heterocycles. The number of carbonyl (C=O) groups is 2. The average Bonchev–Trinajstić information content (AvgIpc) is 2.57. The maximum Gasteiger partial charge on any atom is 0.335 e. The molecule has 0 atom stereocenters. The van der Waals surface area contributed by atoms with Gasteiger partial charge in [-0.25, -0.2) is 4.79 Å². The minimum absolute atomic E-state index is 0.118. The zero-order valence-corrected chi connectivity index (χ0v) is 14.3. The van der Waals surface area contributed by atoms with E-state index in [2.05, 4.69) is 5.32 Å². The first-order chi connectivity index (χ1) is 11.5. The summed E-state index contributed by atoms with van der Waals surface area (Å²) in [6.07, 6.45) is 0. The molecule has 0 spiro atoms. The lowest BCUT2D eigenvalue weighted by Crippen LogP contribution is -2.24. The summed E-state index contributed by atoms with van der Waals surface area (Å²) < 4.78 is 0. The summed E-state index contributed by atoms with van der Waals surface area (Å²) in [5.74, 6) is -1.38. The van der Waals surface area contributed by atoms with Crippen LogP contribution >= 0.6 is 11.6 Å². The van der Waals surface area contributed by atoms with Gasteiger partial charge in [0.25, 0.3) is 5.91 Å². The number of nitrogens with one attached hydrogen (secondary N) is 1. The highest BCUT2D eigenvalue weighted by molar-refractivity contribution is 6.31. The van der Waals surface area contributed by atoms with E-state index in [1.54, 1.807) is 30.3 Å². The minimum atomic E-state index is -1.04. The quantitative estimate of drug-likeness (QED) is 0.824. The number of benzene rings is 2. The van der Waals surface area contributed by atoms with Crippen molar-refractivity contribution in [3.63, 3.8) is 0 Å². The average molecular weight is 347 g/mol. The Morgan fingerprint density at radius 1 is 1.08 bits per heavy atom. The van der Waals surface area contributed by atoms with Crippen LogP contribution in [0.25, 0.3) is 0 Å². The third-order valence-corrected chi connectivity index (χ3v) is 3.92. The van der Waals surface area contributed by atoms with Crippen LogP contribution in [-0.2, 0) is 0 Å². The molecule has 0 radical (unpaired) electrons. The van der Waals surface area contributed by atoms with Crippen LogP contribution in [-0.4, -0.2) is 30.1 Å². The molecule has 0 aliphatic carbocycles. The molecule has 0 saturated carbocycles. The maximum absolute atomic E-state index is 12.5. The number of anilines is 2. The van der Waals surface area contributed by atoms with Crippen LogP contribution in [0.5, 0.6) is 0 Å².